The van der Waals surface area contributed by atoms with Crippen molar-refractivity contribution in [1.29, 1.82) is 0 Å². The normalized spacial score (nSPS) is 10.0. The van der Waals surface area contributed by atoms with Crippen LogP contribution in [0, 0.1) is 0 Å². The van der Waals surface area contributed by atoms with Gasteiger partial charge in [-0.2, -0.15) is 0 Å². The summed E-state index contributed by atoms with van der Waals surface area (Å²) in [5, 5.41) is 5.63. The van der Waals surface area contributed by atoms with E-state index < -0.39 is 0 Å². The van der Waals surface area contributed by atoms with E-state index in [0.717, 1.165) is 0 Å². The van der Waals surface area contributed by atoms with E-state index >= 15 is 0 Å². The van der Waals surface area contributed by atoms with Gasteiger partial charge in [-0.3, -0.25) is 9.59 Å². The maximum atomic E-state index is 12.4. The third-order valence-electron chi connectivity index (χ3n) is 3.79. The first-order valence-corrected chi connectivity index (χ1v) is 8.08. The van der Waals surface area contributed by atoms with Crippen molar-refractivity contribution >= 4 is 23.2 Å². The SMILES string of the molecule is COc1ccccc1C(=O)Nc1ccc(NC(=O)c2ccccc2)cc1. The highest BCUT2D eigenvalue weighted by Crippen LogP contribution is 2.20. The number of nitrogens with one attached hydrogen (secondary N) is 2. The van der Waals surface area contributed by atoms with E-state index in [-0.39, 0.29) is 11.8 Å². The Kier molecular flexibility index (Phi) is 5.29. The van der Waals surface area contributed by atoms with Crippen LogP contribution in [0.5, 0.6) is 5.75 Å². The number of hydrogen-bond donors (Lipinski definition) is 2. The minimum atomic E-state index is -0.261. The Morgan fingerprint density at radius 3 is 1.85 bits per heavy atom. The standard InChI is InChI=1S/C21H18N2O3/c1-26-19-10-6-5-9-18(19)21(25)23-17-13-11-16(12-14-17)22-20(24)15-7-3-2-4-8-15/h2-14H,1H3,(H,22,24)(H,23,25). The summed E-state index contributed by atoms with van der Waals surface area (Å²) in [5.41, 5.74) is 2.31. The number of benzene rings is 3. The predicted octanol–water partition coefficient (Wildman–Crippen LogP) is 4.20. The Balaban J connectivity index is 1.66. The second-order valence-electron chi connectivity index (χ2n) is 5.55. The molecule has 0 spiro atoms. The molecule has 2 N–H and O–H groups in total. The zero-order valence-electron chi connectivity index (χ0n) is 14.2. The number of anilines is 2. The van der Waals surface area contributed by atoms with Crippen LogP contribution in [0.3, 0.4) is 0 Å². The van der Waals surface area contributed by atoms with E-state index in [9.17, 15) is 9.59 Å². The summed E-state index contributed by atoms with van der Waals surface area (Å²) in [4.78, 5) is 24.5. The highest BCUT2D eigenvalue weighted by Gasteiger charge is 2.11. The molecule has 3 rings (SSSR count). The number of carbonyl (C=O) groups excluding carboxylic acids is 2. The molecule has 0 radical (unpaired) electrons. The highest BCUT2D eigenvalue weighted by atomic mass is 16.5. The van der Waals surface area contributed by atoms with Crippen molar-refractivity contribution in [2.75, 3.05) is 17.7 Å². The molecule has 0 saturated heterocycles. The van der Waals surface area contributed by atoms with Crippen LogP contribution in [-0.4, -0.2) is 18.9 Å². The number of amides is 2. The first kappa shape index (κ1) is 17.2. The summed E-state index contributed by atoms with van der Waals surface area (Å²) >= 11 is 0. The number of ether oxygens (including phenoxy) is 1. The van der Waals surface area contributed by atoms with E-state index in [1.807, 2.05) is 18.2 Å². The van der Waals surface area contributed by atoms with Crippen molar-refractivity contribution in [3.8, 4) is 5.75 Å². The Morgan fingerprint density at radius 1 is 0.692 bits per heavy atom. The van der Waals surface area contributed by atoms with Crippen LogP contribution in [0.25, 0.3) is 0 Å². The van der Waals surface area contributed by atoms with Crippen LogP contribution in [0.1, 0.15) is 20.7 Å². The van der Waals surface area contributed by atoms with Crippen molar-refractivity contribution in [1.82, 2.24) is 0 Å². The molecule has 2 amide bonds. The van der Waals surface area contributed by atoms with Crippen molar-refractivity contribution in [2.45, 2.75) is 0 Å². The molecule has 3 aromatic carbocycles. The Hall–Kier alpha value is -3.60. The molecule has 3 aromatic rings. The lowest BCUT2D eigenvalue weighted by molar-refractivity contribution is 0.101. The van der Waals surface area contributed by atoms with E-state index in [2.05, 4.69) is 10.6 Å². The maximum absolute atomic E-state index is 12.4. The van der Waals surface area contributed by atoms with Gasteiger partial charge in [0.2, 0.25) is 0 Å². The minimum Gasteiger partial charge on any atom is -0.496 e. The van der Waals surface area contributed by atoms with Gasteiger partial charge in [0, 0.05) is 16.9 Å². The van der Waals surface area contributed by atoms with Gasteiger partial charge in [0.25, 0.3) is 11.8 Å². The molecule has 5 heteroatoms. The van der Waals surface area contributed by atoms with Gasteiger partial charge in [-0.15, -0.1) is 0 Å². The molecular formula is C21H18N2O3. The average Bonchev–Trinajstić information content (AvgIpc) is 2.70. The number of methoxy groups -OCH3 is 1. The fourth-order valence-electron chi connectivity index (χ4n) is 2.46. The molecule has 0 unspecified atom stereocenters. The van der Waals surface area contributed by atoms with Gasteiger partial charge in [0.1, 0.15) is 5.75 Å². The molecule has 0 atom stereocenters. The van der Waals surface area contributed by atoms with Crippen molar-refractivity contribution in [3.05, 3.63) is 90.0 Å². The van der Waals surface area contributed by atoms with E-state index in [1.54, 1.807) is 60.7 Å². The lowest BCUT2D eigenvalue weighted by Crippen LogP contribution is -2.14. The topological polar surface area (TPSA) is 67.4 Å². The summed E-state index contributed by atoms with van der Waals surface area (Å²) in [7, 11) is 1.52. The molecule has 0 bridgehead atoms. The second-order valence-corrected chi connectivity index (χ2v) is 5.55. The summed E-state index contributed by atoms with van der Waals surface area (Å²) < 4.78 is 5.20. The Labute approximate surface area is 151 Å². The lowest BCUT2D eigenvalue weighted by Gasteiger charge is -2.10. The maximum Gasteiger partial charge on any atom is 0.259 e. The quantitative estimate of drug-likeness (QED) is 0.727. The highest BCUT2D eigenvalue weighted by molar-refractivity contribution is 6.07. The lowest BCUT2D eigenvalue weighted by atomic mass is 10.1. The summed E-state index contributed by atoms with van der Waals surface area (Å²) in [6, 6.07) is 22.9. The molecule has 26 heavy (non-hydrogen) atoms. The summed E-state index contributed by atoms with van der Waals surface area (Å²) in [5.74, 6) is 0.0664. The molecule has 0 fully saturated rings. The van der Waals surface area contributed by atoms with E-state index in [0.29, 0.717) is 28.3 Å². The molecule has 0 heterocycles. The van der Waals surface area contributed by atoms with Crippen LogP contribution in [0.15, 0.2) is 78.9 Å². The largest absolute Gasteiger partial charge is 0.496 e. The average molecular weight is 346 g/mol. The first-order valence-electron chi connectivity index (χ1n) is 8.08. The number of rotatable bonds is 5. The third kappa shape index (κ3) is 4.08. The van der Waals surface area contributed by atoms with Crippen LogP contribution >= 0.6 is 0 Å². The van der Waals surface area contributed by atoms with Crippen LogP contribution in [0.2, 0.25) is 0 Å². The smallest absolute Gasteiger partial charge is 0.259 e. The number of hydrogen-bond acceptors (Lipinski definition) is 3. The zero-order valence-corrected chi connectivity index (χ0v) is 14.2. The van der Waals surface area contributed by atoms with Gasteiger partial charge < -0.3 is 15.4 Å². The predicted molar refractivity (Wildman–Crippen MR) is 102 cm³/mol. The van der Waals surface area contributed by atoms with Gasteiger partial charge >= 0.3 is 0 Å². The molecular weight excluding hydrogens is 328 g/mol. The van der Waals surface area contributed by atoms with Crippen LogP contribution < -0.4 is 15.4 Å². The first-order chi connectivity index (χ1) is 12.7. The Bertz CT molecular complexity index is 906. The summed E-state index contributed by atoms with van der Waals surface area (Å²) in [6.45, 7) is 0. The van der Waals surface area contributed by atoms with Gasteiger partial charge in [0.05, 0.1) is 12.7 Å². The molecule has 0 aliphatic heterocycles. The van der Waals surface area contributed by atoms with Crippen molar-refractivity contribution in [2.24, 2.45) is 0 Å². The molecule has 5 nitrogen and oxygen atoms in total. The second kappa shape index (κ2) is 7.98. The van der Waals surface area contributed by atoms with Crippen LogP contribution in [-0.2, 0) is 0 Å². The van der Waals surface area contributed by atoms with Gasteiger partial charge in [-0.1, -0.05) is 30.3 Å². The fraction of sp³-hybridized carbons (Fsp3) is 0.0476. The number of para-hydroxylation sites is 1. The molecule has 0 aliphatic rings. The van der Waals surface area contributed by atoms with Crippen molar-refractivity contribution < 1.29 is 14.3 Å². The molecule has 0 saturated carbocycles. The van der Waals surface area contributed by atoms with E-state index in [4.69, 9.17) is 4.74 Å². The van der Waals surface area contributed by atoms with Gasteiger partial charge in [-0.05, 0) is 48.5 Å². The minimum absolute atomic E-state index is 0.184. The fourth-order valence-corrected chi connectivity index (χ4v) is 2.46. The third-order valence-corrected chi connectivity index (χ3v) is 3.79. The van der Waals surface area contributed by atoms with Gasteiger partial charge in [-0.25, -0.2) is 0 Å². The molecule has 130 valence electrons. The van der Waals surface area contributed by atoms with Crippen LogP contribution in [0.4, 0.5) is 11.4 Å². The van der Waals surface area contributed by atoms with Gasteiger partial charge in [0.15, 0.2) is 0 Å². The Morgan fingerprint density at radius 2 is 1.23 bits per heavy atom. The van der Waals surface area contributed by atoms with E-state index in [1.165, 1.54) is 7.11 Å². The zero-order chi connectivity index (χ0) is 18.4. The molecule has 0 aromatic heterocycles. The van der Waals surface area contributed by atoms with Crippen molar-refractivity contribution in [3.63, 3.8) is 0 Å². The summed E-state index contributed by atoms with van der Waals surface area (Å²) in [6.07, 6.45) is 0. The number of carbonyl (C=O) groups is 2. The monoisotopic (exact) mass is 346 g/mol. The molecule has 0 aliphatic carbocycles.